The van der Waals surface area contributed by atoms with Crippen LogP contribution in [0.4, 0.5) is 18.9 Å². The summed E-state index contributed by atoms with van der Waals surface area (Å²) in [6.07, 6.45) is 0.272. The number of hydrogen-bond acceptors (Lipinski definition) is 6. The van der Waals surface area contributed by atoms with Crippen LogP contribution < -0.4 is 5.32 Å². The molecule has 0 bridgehead atoms. The van der Waals surface area contributed by atoms with Crippen LogP contribution in [0.15, 0.2) is 42.9 Å². The lowest BCUT2D eigenvalue weighted by atomic mass is 10.1. The van der Waals surface area contributed by atoms with Gasteiger partial charge in [0.2, 0.25) is 0 Å². The van der Waals surface area contributed by atoms with Gasteiger partial charge in [-0.2, -0.15) is 23.4 Å². The molecule has 3 heterocycles. The van der Waals surface area contributed by atoms with Crippen molar-refractivity contribution in [3.8, 4) is 5.69 Å². The molecule has 164 valence electrons. The van der Waals surface area contributed by atoms with Gasteiger partial charge in [-0.3, -0.25) is 4.79 Å². The highest BCUT2D eigenvalue weighted by Crippen LogP contribution is 2.27. The Kier molecular flexibility index (Phi) is 6.52. The minimum absolute atomic E-state index is 0.216. The van der Waals surface area contributed by atoms with E-state index in [4.69, 9.17) is 0 Å². The highest BCUT2D eigenvalue weighted by molar-refractivity contribution is 5.95. The first kappa shape index (κ1) is 22.2. The van der Waals surface area contributed by atoms with E-state index in [1.165, 1.54) is 23.3 Å². The maximum absolute atomic E-state index is 13.2. The Balaban J connectivity index is 1.74. The van der Waals surface area contributed by atoms with Gasteiger partial charge in [-0.25, -0.2) is 9.97 Å². The number of anilines is 1. The molecule has 0 saturated carbocycles. The molecule has 0 aliphatic carbocycles. The molecule has 0 spiro atoms. The fourth-order valence-electron chi connectivity index (χ4n) is 3.00. The normalized spacial score (nSPS) is 12.5. The standard InChI is InChI=1S/C20H22F3N7O/c1-4-15(12-24-14-6-8-17(25-11-14)20(21,22)23)29(3)19(31)18-16(7-5-13(2)28-18)30-26-9-10-27-30/h5-11,15,24H,4,12H2,1-3H3. The summed E-state index contributed by atoms with van der Waals surface area (Å²) in [4.78, 5) is 23.9. The molecule has 3 rings (SSSR count). The van der Waals surface area contributed by atoms with Crippen molar-refractivity contribution < 1.29 is 18.0 Å². The molecule has 1 N–H and O–H groups in total. The predicted molar refractivity (Wildman–Crippen MR) is 108 cm³/mol. The summed E-state index contributed by atoms with van der Waals surface area (Å²) in [6.45, 7) is 4.03. The third kappa shape index (κ3) is 5.16. The highest BCUT2D eigenvalue weighted by atomic mass is 19.4. The number of alkyl halides is 3. The Morgan fingerprint density at radius 2 is 1.90 bits per heavy atom. The molecule has 0 fully saturated rings. The van der Waals surface area contributed by atoms with E-state index < -0.39 is 11.9 Å². The first-order valence-electron chi connectivity index (χ1n) is 9.59. The number of carbonyl (C=O) groups is 1. The van der Waals surface area contributed by atoms with Crippen LogP contribution in [-0.4, -0.2) is 55.4 Å². The molecule has 3 aromatic heterocycles. The zero-order valence-electron chi connectivity index (χ0n) is 17.3. The van der Waals surface area contributed by atoms with Crippen molar-refractivity contribution in [2.45, 2.75) is 32.5 Å². The number of hydrogen-bond donors (Lipinski definition) is 1. The van der Waals surface area contributed by atoms with Gasteiger partial charge in [0.1, 0.15) is 11.4 Å². The second-order valence-corrected chi connectivity index (χ2v) is 6.93. The van der Waals surface area contributed by atoms with Crippen LogP contribution in [0.3, 0.4) is 0 Å². The third-order valence-corrected chi connectivity index (χ3v) is 4.79. The zero-order chi connectivity index (χ0) is 22.6. The Hall–Kier alpha value is -3.50. The second kappa shape index (κ2) is 9.11. The van der Waals surface area contributed by atoms with E-state index in [-0.39, 0.29) is 17.6 Å². The minimum Gasteiger partial charge on any atom is -0.382 e. The van der Waals surface area contributed by atoms with Gasteiger partial charge in [0.15, 0.2) is 5.69 Å². The average molecular weight is 433 g/mol. The molecule has 0 aromatic carbocycles. The quantitative estimate of drug-likeness (QED) is 0.615. The molecule has 11 heteroatoms. The van der Waals surface area contributed by atoms with Gasteiger partial charge in [-0.15, -0.1) is 4.80 Å². The summed E-state index contributed by atoms with van der Waals surface area (Å²) in [7, 11) is 1.66. The van der Waals surface area contributed by atoms with Crippen molar-refractivity contribution in [3.05, 3.63) is 59.9 Å². The van der Waals surface area contributed by atoms with E-state index in [1.54, 1.807) is 31.0 Å². The van der Waals surface area contributed by atoms with Crippen LogP contribution in [0.25, 0.3) is 5.69 Å². The van der Waals surface area contributed by atoms with Gasteiger partial charge in [0, 0.05) is 25.3 Å². The molecular weight excluding hydrogens is 411 g/mol. The van der Waals surface area contributed by atoms with E-state index in [9.17, 15) is 18.0 Å². The lowest BCUT2D eigenvalue weighted by Gasteiger charge is -2.28. The molecular formula is C20H22F3N7O. The number of aryl methyl sites for hydroxylation is 1. The maximum Gasteiger partial charge on any atom is 0.433 e. The number of nitrogens with one attached hydrogen (secondary N) is 1. The third-order valence-electron chi connectivity index (χ3n) is 4.79. The van der Waals surface area contributed by atoms with Crippen LogP contribution >= 0.6 is 0 Å². The SMILES string of the molecule is CCC(CNc1ccc(C(F)(F)F)nc1)N(C)C(=O)c1nc(C)ccc1-n1nccn1. The molecule has 0 radical (unpaired) electrons. The van der Waals surface area contributed by atoms with Gasteiger partial charge >= 0.3 is 6.18 Å². The monoisotopic (exact) mass is 433 g/mol. The maximum atomic E-state index is 13.2. The van der Waals surface area contributed by atoms with Gasteiger partial charge in [-0.1, -0.05) is 6.92 Å². The van der Waals surface area contributed by atoms with E-state index in [0.29, 0.717) is 30.0 Å². The molecule has 0 aliphatic rings. The summed E-state index contributed by atoms with van der Waals surface area (Å²) >= 11 is 0. The summed E-state index contributed by atoms with van der Waals surface area (Å²) < 4.78 is 38.0. The average Bonchev–Trinajstić information content (AvgIpc) is 3.27. The molecule has 1 unspecified atom stereocenters. The van der Waals surface area contributed by atoms with Crippen molar-refractivity contribution >= 4 is 11.6 Å². The zero-order valence-corrected chi connectivity index (χ0v) is 17.3. The molecule has 1 amide bonds. The fraction of sp³-hybridized carbons (Fsp3) is 0.350. The van der Waals surface area contributed by atoms with E-state index in [0.717, 1.165) is 12.3 Å². The van der Waals surface area contributed by atoms with Gasteiger partial charge in [0.05, 0.1) is 24.3 Å². The summed E-state index contributed by atoms with van der Waals surface area (Å²) in [6, 6.07) is 5.49. The van der Waals surface area contributed by atoms with Gasteiger partial charge in [-0.05, 0) is 37.6 Å². The molecule has 3 aromatic rings. The number of carbonyl (C=O) groups excluding carboxylic acids is 1. The predicted octanol–water partition coefficient (Wildman–Crippen LogP) is 3.35. The van der Waals surface area contributed by atoms with Gasteiger partial charge in [0.25, 0.3) is 5.91 Å². The summed E-state index contributed by atoms with van der Waals surface area (Å²) in [5.74, 6) is -0.310. The van der Waals surface area contributed by atoms with Crippen LogP contribution in [-0.2, 0) is 6.18 Å². The van der Waals surface area contributed by atoms with Crippen LogP contribution in [0, 0.1) is 6.92 Å². The number of aromatic nitrogens is 5. The molecule has 0 saturated heterocycles. The second-order valence-electron chi connectivity index (χ2n) is 6.93. The van der Waals surface area contributed by atoms with Crippen molar-refractivity contribution in [1.82, 2.24) is 29.9 Å². The number of amides is 1. The first-order chi connectivity index (χ1) is 14.7. The van der Waals surface area contributed by atoms with Crippen molar-refractivity contribution in [3.63, 3.8) is 0 Å². The Labute approximate surface area is 177 Å². The largest absolute Gasteiger partial charge is 0.433 e. The Morgan fingerprint density at radius 3 is 2.48 bits per heavy atom. The number of rotatable bonds is 7. The van der Waals surface area contributed by atoms with E-state index >= 15 is 0 Å². The Bertz CT molecular complexity index is 1020. The minimum atomic E-state index is -4.49. The molecule has 0 aliphatic heterocycles. The van der Waals surface area contributed by atoms with Gasteiger partial charge < -0.3 is 10.2 Å². The fourth-order valence-corrected chi connectivity index (χ4v) is 3.00. The van der Waals surface area contributed by atoms with Crippen LogP contribution in [0.2, 0.25) is 0 Å². The number of pyridine rings is 2. The lowest BCUT2D eigenvalue weighted by Crippen LogP contribution is -2.41. The summed E-state index contributed by atoms with van der Waals surface area (Å²) in [5.41, 5.74) is 0.829. The van der Waals surface area contributed by atoms with E-state index in [1.807, 2.05) is 6.92 Å². The molecule has 8 nitrogen and oxygen atoms in total. The number of halogens is 3. The molecule has 1 atom stereocenters. The highest BCUT2D eigenvalue weighted by Gasteiger charge is 2.32. The molecule has 31 heavy (non-hydrogen) atoms. The summed E-state index contributed by atoms with van der Waals surface area (Å²) in [5, 5.41) is 11.2. The Morgan fingerprint density at radius 1 is 1.19 bits per heavy atom. The number of likely N-dealkylation sites (N-methyl/N-ethyl adjacent to an activating group) is 1. The lowest BCUT2D eigenvalue weighted by molar-refractivity contribution is -0.141. The van der Waals surface area contributed by atoms with Crippen LogP contribution in [0.5, 0.6) is 0 Å². The van der Waals surface area contributed by atoms with E-state index in [2.05, 4.69) is 25.5 Å². The van der Waals surface area contributed by atoms with Crippen molar-refractivity contribution in [2.24, 2.45) is 0 Å². The number of nitrogens with zero attached hydrogens (tertiary/aromatic N) is 6. The van der Waals surface area contributed by atoms with Crippen molar-refractivity contribution in [1.29, 1.82) is 0 Å². The topological polar surface area (TPSA) is 88.8 Å². The smallest absolute Gasteiger partial charge is 0.382 e. The first-order valence-corrected chi connectivity index (χ1v) is 9.59. The van der Waals surface area contributed by atoms with Crippen molar-refractivity contribution in [2.75, 3.05) is 18.9 Å². The van der Waals surface area contributed by atoms with Crippen LogP contribution in [0.1, 0.15) is 35.2 Å².